The minimum atomic E-state index is -1.11. The van der Waals surface area contributed by atoms with Gasteiger partial charge in [0, 0.05) is 11.3 Å². The van der Waals surface area contributed by atoms with Gasteiger partial charge in [0.05, 0.1) is 17.3 Å². The Morgan fingerprint density at radius 1 is 1.41 bits per heavy atom. The van der Waals surface area contributed by atoms with Crippen molar-refractivity contribution in [2.45, 2.75) is 6.92 Å². The summed E-state index contributed by atoms with van der Waals surface area (Å²) >= 11 is 0. The van der Waals surface area contributed by atoms with E-state index in [-0.39, 0.29) is 0 Å². The molecule has 0 unspecified atom stereocenters. The molecule has 2 aromatic rings. The summed E-state index contributed by atoms with van der Waals surface area (Å²) < 4.78 is 0.924. The van der Waals surface area contributed by atoms with Gasteiger partial charge in [-0.25, -0.2) is 4.79 Å². The van der Waals surface area contributed by atoms with E-state index in [0.717, 1.165) is 10.2 Å². The first-order valence-corrected chi connectivity index (χ1v) is 4.92. The monoisotopic (exact) mass is 227 g/mol. The fourth-order valence-electron chi connectivity index (χ4n) is 1.52. The second-order valence-corrected chi connectivity index (χ2v) is 3.55. The molecule has 0 bridgehead atoms. The maximum atomic E-state index is 10.8. The van der Waals surface area contributed by atoms with E-state index >= 15 is 0 Å². The Bertz CT molecular complexity index is 606. The smallest absolute Gasteiger partial charge is 0.432 e. The lowest BCUT2D eigenvalue weighted by Gasteiger charge is -1.96. The minimum Gasteiger partial charge on any atom is -0.463 e. The molecule has 2 rings (SSSR count). The average Bonchev–Trinajstić information content (AvgIpc) is 2.71. The highest BCUT2D eigenvalue weighted by Gasteiger charge is 2.10. The molecule has 0 aliphatic rings. The fraction of sp³-hybridized carbons (Fsp3) is 0.0833. The molecule has 0 aliphatic carbocycles. The third-order valence-electron chi connectivity index (χ3n) is 2.38. The van der Waals surface area contributed by atoms with Gasteiger partial charge in [0.2, 0.25) is 0 Å². The predicted octanol–water partition coefficient (Wildman–Crippen LogP) is 2.26. The van der Waals surface area contributed by atoms with Gasteiger partial charge in [-0.15, -0.1) is 0 Å². The van der Waals surface area contributed by atoms with Crippen LogP contribution in [0.5, 0.6) is 0 Å². The molecular formula is C12H9N3O2. The third-order valence-corrected chi connectivity index (χ3v) is 2.38. The lowest BCUT2D eigenvalue weighted by atomic mass is 10.1. The van der Waals surface area contributed by atoms with E-state index in [1.807, 2.05) is 6.07 Å². The molecule has 0 atom stereocenters. The van der Waals surface area contributed by atoms with Crippen molar-refractivity contribution in [1.29, 1.82) is 5.26 Å². The molecule has 0 fully saturated rings. The quantitative estimate of drug-likeness (QED) is 0.810. The van der Waals surface area contributed by atoms with Crippen LogP contribution in [0, 0.1) is 18.3 Å². The first-order valence-electron chi connectivity index (χ1n) is 4.92. The number of hydrogen-bond donors (Lipinski definition) is 1. The zero-order chi connectivity index (χ0) is 12.4. The molecule has 84 valence electrons. The molecule has 0 saturated carbocycles. The third kappa shape index (κ3) is 2.01. The maximum Gasteiger partial charge on any atom is 0.432 e. The zero-order valence-electron chi connectivity index (χ0n) is 9.08. The van der Waals surface area contributed by atoms with E-state index in [0.29, 0.717) is 17.0 Å². The second kappa shape index (κ2) is 4.10. The van der Waals surface area contributed by atoms with Gasteiger partial charge < -0.3 is 5.11 Å². The highest BCUT2D eigenvalue weighted by atomic mass is 16.4. The summed E-state index contributed by atoms with van der Waals surface area (Å²) in [5, 5.41) is 21.5. The van der Waals surface area contributed by atoms with E-state index in [9.17, 15) is 4.79 Å². The Morgan fingerprint density at radius 3 is 2.53 bits per heavy atom. The van der Waals surface area contributed by atoms with Crippen molar-refractivity contribution < 1.29 is 9.90 Å². The van der Waals surface area contributed by atoms with Crippen molar-refractivity contribution in [3.63, 3.8) is 0 Å². The van der Waals surface area contributed by atoms with Gasteiger partial charge in [0.25, 0.3) is 0 Å². The summed E-state index contributed by atoms with van der Waals surface area (Å²) in [5.74, 6) is 0. The number of hydrogen-bond acceptors (Lipinski definition) is 3. The number of carbonyl (C=O) groups is 1. The summed E-state index contributed by atoms with van der Waals surface area (Å²) in [5.41, 5.74) is 2.47. The highest BCUT2D eigenvalue weighted by molar-refractivity contribution is 5.70. The highest BCUT2D eigenvalue weighted by Crippen LogP contribution is 2.19. The Hall–Kier alpha value is -2.61. The van der Waals surface area contributed by atoms with Crippen LogP contribution in [0.3, 0.4) is 0 Å². The lowest BCUT2D eigenvalue weighted by Crippen LogP contribution is -2.11. The first-order chi connectivity index (χ1) is 8.11. The van der Waals surface area contributed by atoms with Crippen LogP contribution in [-0.4, -0.2) is 21.0 Å². The topological polar surface area (TPSA) is 78.9 Å². The molecule has 1 N–H and O–H groups in total. The molecule has 0 saturated heterocycles. The largest absolute Gasteiger partial charge is 0.463 e. The lowest BCUT2D eigenvalue weighted by molar-refractivity contribution is 0.192. The van der Waals surface area contributed by atoms with Gasteiger partial charge in [-0.2, -0.15) is 15.0 Å². The van der Waals surface area contributed by atoms with Crippen LogP contribution in [0.2, 0.25) is 0 Å². The summed E-state index contributed by atoms with van der Waals surface area (Å²) in [4.78, 5) is 10.8. The fourth-order valence-corrected chi connectivity index (χ4v) is 1.52. The number of aryl methyl sites for hydroxylation is 1. The van der Waals surface area contributed by atoms with Gasteiger partial charge in [0.15, 0.2) is 0 Å². The Morgan fingerprint density at radius 2 is 2.06 bits per heavy atom. The molecule has 17 heavy (non-hydrogen) atoms. The van der Waals surface area contributed by atoms with E-state index in [1.54, 1.807) is 37.3 Å². The van der Waals surface area contributed by atoms with Crippen LogP contribution in [0.15, 0.2) is 30.3 Å². The van der Waals surface area contributed by atoms with Crippen LogP contribution < -0.4 is 0 Å². The van der Waals surface area contributed by atoms with Gasteiger partial charge in [-0.05, 0) is 25.1 Å². The van der Waals surface area contributed by atoms with Gasteiger partial charge >= 0.3 is 6.09 Å². The Balaban J connectivity index is 2.43. The van der Waals surface area contributed by atoms with E-state index in [1.165, 1.54) is 0 Å². The second-order valence-electron chi connectivity index (χ2n) is 3.55. The van der Waals surface area contributed by atoms with Gasteiger partial charge in [-0.1, -0.05) is 12.1 Å². The number of benzene rings is 1. The Kier molecular flexibility index (Phi) is 2.63. The number of nitriles is 1. The molecule has 5 heteroatoms. The van der Waals surface area contributed by atoms with Crippen molar-refractivity contribution in [1.82, 2.24) is 9.78 Å². The minimum absolute atomic E-state index is 0.553. The number of carboxylic acid groups (broad SMARTS) is 1. The standard InChI is InChI=1S/C12H9N3O2/c1-8-6-11(14-15(8)12(16)17)10-4-2-9(7-13)3-5-10/h2-6H,1H3,(H,16,17). The molecule has 5 nitrogen and oxygen atoms in total. The number of rotatable bonds is 1. The zero-order valence-corrected chi connectivity index (χ0v) is 9.08. The van der Waals surface area contributed by atoms with Gasteiger partial charge in [-0.3, -0.25) is 0 Å². The van der Waals surface area contributed by atoms with E-state index in [4.69, 9.17) is 10.4 Å². The molecule has 0 aliphatic heterocycles. The predicted molar refractivity (Wildman–Crippen MR) is 60.5 cm³/mol. The van der Waals surface area contributed by atoms with E-state index < -0.39 is 6.09 Å². The summed E-state index contributed by atoms with van der Waals surface area (Å²) in [6, 6.07) is 10.5. The number of aromatic nitrogens is 2. The van der Waals surface area contributed by atoms with Crippen molar-refractivity contribution in [3.05, 3.63) is 41.6 Å². The van der Waals surface area contributed by atoms with Crippen molar-refractivity contribution in [2.24, 2.45) is 0 Å². The molecule has 1 aromatic carbocycles. The summed E-state index contributed by atoms with van der Waals surface area (Å²) in [7, 11) is 0. The Labute approximate surface area is 97.5 Å². The van der Waals surface area contributed by atoms with Gasteiger partial charge in [0.1, 0.15) is 0 Å². The molecule has 0 amide bonds. The first kappa shape index (κ1) is 10.9. The van der Waals surface area contributed by atoms with Crippen molar-refractivity contribution in [2.75, 3.05) is 0 Å². The van der Waals surface area contributed by atoms with Crippen molar-refractivity contribution >= 4 is 6.09 Å². The summed E-state index contributed by atoms with van der Waals surface area (Å²) in [6.07, 6.45) is -1.11. The van der Waals surface area contributed by atoms with Crippen LogP contribution in [0.1, 0.15) is 11.3 Å². The van der Waals surface area contributed by atoms with E-state index in [2.05, 4.69) is 5.10 Å². The average molecular weight is 227 g/mol. The molecule has 1 heterocycles. The van der Waals surface area contributed by atoms with Crippen LogP contribution in [0.4, 0.5) is 4.79 Å². The molecular weight excluding hydrogens is 218 g/mol. The van der Waals surface area contributed by atoms with Crippen molar-refractivity contribution in [3.8, 4) is 17.3 Å². The molecule has 0 spiro atoms. The maximum absolute atomic E-state index is 10.8. The van der Waals surface area contributed by atoms with Crippen LogP contribution in [0.25, 0.3) is 11.3 Å². The molecule has 1 aromatic heterocycles. The van der Waals surface area contributed by atoms with Crippen LogP contribution >= 0.6 is 0 Å². The normalized spacial score (nSPS) is 9.88. The SMILES string of the molecule is Cc1cc(-c2ccc(C#N)cc2)nn1C(=O)O. The number of nitrogens with zero attached hydrogens (tertiary/aromatic N) is 3. The molecule has 0 radical (unpaired) electrons. The summed E-state index contributed by atoms with van der Waals surface area (Å²) in [6.45, 7) is 1.67. The van der Waals surface area contributed by atoms with Crippen LogP contribution in [-0.2, 0) is 0 Å².